The van der Waals surface area contributed by atoms with Crippen LogP contribution in [0.4, 0.5) is 10.1 Å². The Morgan fingerprint density at radius 1 is 1.29 bits per heavy atom. The predicted molar refractivity (Wildman–Crippen MR) is 84.8 cm³/mol. The highest BCUT2D eigenvalue weighted by Gasteiger charge is 2.25. The largest absolute Gasteiger partial charge is 0.491 e. The number of sulfonamides is 1. The Bertz CT molecular complexity index is 945. The third kappa shape index (κ3) is 3.02. The third-order valence-corrected chi connectivity index (χ3v) is 5.08. The minimum Gasteiger partial charge on any atom is -0.491 e. The average Bonchev–Trinajstić information content (AvgIpc) is 2.94. The second-order valence-electron chi connectivity index (χ2n) is 5.10. The second-order valence-corrected chi connectivity index (χ2v) is 7.18. The van der Waals surface area contributed by atoms with E-state index in [1.54, 1.807) is 6.07 Å². The van der Waals surface area contributed by atoms with Crippen LogP contribution in [0.5, 0.6) is 5.75 Å². The maximum atomic E-state index is 14.0. The van der Waals surface area contributed by atoms with Gasteiger partial charge in [0.05, 0.1) is 17.9 Å². The number of benzene rings is 2. The van der Waals surface area contributed by atoms with Crippen molar-refractivity contribution in [3.63, 3.8) is 0 Å². The monoisotopic (exact) mass is 371 g/mol. The standard InChI is InChI=1S/C15H11ClFNO5S/c16-10-5-8-3-4-23-14(8)12(7-10)18-24(21,22)13-2-1-9(15(19)20)6-11(13)17/h1-2,5-7,18H,3-4H2,(H,19,20). The molecule has 2 N–H and O–H groups in total. The molecule has 0 aromatic heterocycles. The lowest BCUT2D eigenvalue weighted by molar-refractivity contribution is 0.0696. The number of fused-ring (bicyclic) bond motifs is 1. The summed E-state index contributed by atoms with van der Waals surface area (Å²) in [6, 6.07) is 5.60. The summed E-state index contributed by atoms with van der Waals surface area (Å²) in [7, 11) is -4.28. The number of aromatic carboxylic acids is 1. The fourth-order valence-electron chi connectivity index (χ4n) is 2.40. The summed E-state index contributed by atoms with van der Waals surface area (Å²) >= 11 is 5.96. The van der Waals surface area contributed by atoms with Crippen molar-refractivity contribution >= 4 is 33.3 Å². The number of ether oxygens (including phenoxy) is 1. The van der Waals surface area contributed by atoms with Crippen LogP contribution >= 0.6 is 11.6 Å². The fourth-order valence-corrected chi connectivity index (χ4v) is 3.75. The van der Waals surface area contributed by atoms with Gasteiger partial charge in [-0.25, -0.2) is 17.6 Å². The zero-order chi connectivity index (χ0) is 17.5. The molecule has 0 fully saturated rings. The van der Waals surface area contributed by atoms with E-state index in [1.165, 1.54) is 6.07 Å². The number of carboxylic acid groups (broad SMARTS) is 1. The van der Waals surface area contributed by atoms with Gasteiger partial charge in [0.2, 0.25) is 0 Å². The summed E-state index contributed by atoms with van der Waals surface area (Å²) in [5, 5.41) is 9.13. The number of carbonyl (C=O) groups is 1. The fraction of sp³-hybridized carbons (Fsp3) is 0.133. The van der Waals surface area contributed by atoms with E-state index in [2.05, 4.69) is 4.72 Å². The van der Waals surface area contributed by atoms with Crippen molar-refractivity contribution in [2.75, 3.05) is 11.3 Å². The van der Waals surface area contributed by atoms with Crippen molar-refractivity contribution in [3.05, 3.63) is 52.3 Å². The number of anilines is 1. The molecule has 0 saturated carbocycles. The molecule has 0 saturated heterocycles. The highest BCUT2D eigenvalue weighted by atomic mass is 35.5. The number of hydrogen-bond acceptors (Lipinski definition) is 4. The molecule has 3 rings (SSSR count). The van der Waals surface area contributed by atoms with E-state index < -0.39 is 26.7 Å². The van der Waals surface area contributed by atoms with E-state index in [9.17, 15) is 17.6 Å². The predicted octanol–water partition coefficient (Wildman–Crippen LogP) is 2.91. The molecule has 0 aliphatic carbocycles. The lowest BCUT2D eigenvalue weighted by Gasteiger charge is -2.13. The molecule has 2 aromatic carbocycles. The SMILES string of the molecule is O=C(O)c1ccc(S(=O)(=O)Nc2cc(Cl)cc3c2OCC3)c(F)c1. The van der Waals surface area contributed by atoms with Gasteiger partial charge < -0.3 is 9.84 Å². The zero-order valence-corrected chi connectivity index (χ0v) is 13.6. The van der Waals surface area contributed by atoms with Crippen LogP contribution in [0.1, 0.15) is 15.9 Å². The number of nitrogens with one attached hydrogen (secondary N) is 1. The van der Waals surface area contributed by atoms with E-state index >= 15 is 0 Å². The maximum Gasteiger partial charge on any atom is 0.335 e. The summed E-state index contributed by atoms with van der Waals surface area (Å²) < 4.78 is 46.5. The first-order valence-electron chi connectivity index (χ1n) is 6.79. The Balaban J connectivity index is 2.00. The number of rotatable bonds is 4. The van der Waals surface area contributed by atoms with Crippen molar-refractivity contribution < 1.29 is 27.4 Å². The lowest BCUT2D eigenvalue weighted by Crippen LogP contribution is -2.15. The van der Waals surface area contributed by atoms with Gasteiger partial charge >= 0.3 is 5.97 Å². The van der Waals surface area contributed by atoms with Crippen LogP contribution in [0.3, 0.4) is 0 Å². The molecule has 24 heavy (non-hydrogen) atoms. The molecule has 9 heteroatoms. The van der Waals surface area contributed by atoms with Crippen molar-refractivity contribution in [2.45, 2.75) is 11.3 Å². The van der Waals surface area contributed by atoms with Crippen LogP contribution in [0.2, 0.25) is 5.02 Å². The zero-order valence-electron chi connectivity index (χ0n) is 12.0. The van der Waals surface area contributed by atoms with E-state index in [1.807, 2.05) is 0 Å². The molecule has 6 nitrogen and oxygen atoms in total. The molecule has 2 aromatic rings. The second kappa shape index (κ2) is 5.95. The van der Waals surface area contributed by atoms with Gasteiger partial charge in [0, 0.05) is 17.0 Å². The molecular weight excluding hydrogens is 361 g/mol. The quantitative estimate of drug-likeness (QED) is 0.862. The molecule has 1 aliphatic heterocycles. The van der Waals surface area contributed by atoms with E-state index in [4.69, 9.17) is 21.4 Å². The summed E-state index contributed by atoms with van der Waals surface area (Å²) in [5.74, 6) is -2.17. The van der Waals surface area contributed by atoms with Crippen molar-refractivity contribution in [2.24, 2.45) is 0 Å². The molecule has 0 unspecified atom stereocenters. The molecule has 1 heterocycles. The average molecular weight is 372 g/mol. The van der Waals surface area contributed by atoms with Crippen LogP contribution in [-0.2, 0) is 16.4 Å². The molecule has 1 aliphatic rings. The third-order valence-electron chi connectivity index (χ3n) is 3.46. The number of hydrogen-bond donors (Lipinski definition) is 2. The van der Waals surface area contributed by atoms with Crippen molar-refractivity contribution in [1.82, 2.24) is 0 Å². The van der Waals surface area contributed by atoms with Crippen LogP contribution in [0, 0.1) is 5.82 Å². The Morgan fingerprint density at radius 2 is 2.04 bits per heavy atom. The number of halogens is 2. The van der Waals surface area contributed by atoms with Gasteiger partial charge in [-0.15, -0.1) is 0 Å². The van der Waals surface area contributed by atoms with Gasteiger partial charge in [-0.2, -0.15) is 0 Å². The topological polar surface area (TPSA) is 92.7 Å². The lowest BCUT2D eigenvalue weighted by atomic mass is 10.1. The van der Waals surface area contributed by atoms with E-state index in [-0.39, 0.29) is 11.3 Å². The van der Waals surface area contributed by atoms with Crippen molar-refractivity contribution in [1.29, 1.82) is 0 Å². The van der Waals surface area contributed by atoms with Crippen LogP contribution in [-0.4, -0.2) is 26.1 Å². The Morgan fingerprint density at radius 3 is 2.71 bits per heavy atom. The van der Waals surface area contributed by atoms with Crippen LogP contribution in [0.15, 0.2) is 35.2 Å². The van der Waals surface area contributed by atoms with E-state index in [0.29, 0.717) is 29.9 Å². The molecule has 0 radical (unpaired) electrons. The van der Waals surface area contributed by atoms with Gasteiger partial charge in [-0.05, 0) is 30.3 Å². The van der Waals surface area contributed by atoms with Crippen molar-refractivity contribution in [3.8, 4) is 5.75 Å². The molecule has 0 atom stereocenters. The molecule has 126 valence electrons. The smallest absolute Gasteiger partial charge is 0.335 e. The summed E-state index contributed by atoms with van der Waals surface area (Å²) in [4.78, 5) is 10.1. The minimum atomic E-state index is -4.28. The molecule has 0 amide bonds. The highest BCUT2D eigenvalue weighted by Crippen LogP contribution is 2.37. The van der Waals surface area contributed by atoms with Gasteiger partial charge in [0.1, 0.15) is 16.5 Å². The first-order valence-corrected chi connectivity index (χ1v) is 8.65. The first-order chi connectivity index (χ1) is 11.3. The highest BCUT2D eigenvalue weighted by molar-refractivity contribution is 7.92. The Kier molecular flexibility index (Phi) is 4.10. The Hall–Kier alpha value is -2.32. The van der Waals surface area contributed by atoms with Gasteiger partial charge in [-0.3, -0.25) is 4.72 Å². The van der Waals surface area contributed by atoms with Gasteiger partial charge in [-0.1, -0.05) is 11.6 Å². The van der Waals surface area contributed by atoms with E-state index in [0.717, 1.165) is 17.7 Å². The molecule has 0 bridgehead atoms. The number of carboxylic acids is 1. The molecule has 0 spiro atoms. The minimum absolute atomic E-state index is 0.108. The summed E-state index contributed by atoms with van der Waals surface area (Å²) in [5.41, 5.74) is 0.511. The Labute approximate surface area is 141 Å². The van der Waals surface area contributed by atoms with Crippen LogP contribution < -0.4 is 9.46 Å². The first kappa shape index (κ1) is 16.5. The van der Waals surface area contributed by atoms with Gasteiger partial charge in [0.25, 0.3) is 10.0 Å². The van der Waals surface area contributed by atoms with Gasteiger partial charge in [0.15, 0.2) is 0 Å². The normalized spacial score (nSPS) is 13.2. The summed E-state index contributed by atoms with van der Waals surface area (Å²) in [6.45, 7) is 0.395. The van der Waals surface area contributed by atoms with Crippen LogP contribution in [0.25, 0.3) is 0 Å². The maximum absolute atomic E-state index is 14.0. The summed E-state index contributed by atoms with van der Waals surface area (Å²) in [6.07, 6.45) is 0.590. The molecular formula is C15H11ClFNO5S.